The molecule has 1 aromatic rings. The number of aryl methyl sites for hydroxylation is 2. The number of hydrogen-bond acceptors (Lipinski definition) is 4. The summed E-state index contributed by atoms with van der Waals surface area (Å²) < 4.78 is 10.8. The number of ether oxygens (including phenoxy) is 2. The van der Waals surface area contributed by atoms with E-state index >= 15 is 0 Å². The lowest BCUT2D eigenvalue weighted by molar-refractivity contribution is -0.148. The van der Waals surface area contributed by atoms with Crippen LogP contribution in [-0.2, 0) is 9.53 Å². The molecule has 20 heavy (non-hydrogen) atoms. The molecule has 4 heteroatoms. The molecule has 0 saturated carbocycles. The van der Waals surface area contributed by atoms with Gasteiger partial charge in [-0.1, -0.05) is 12.1 Å². The molecule has 0 amide bonds. The van der Waals surface area contributed by atoms with Crippen molar-refractivity contribution < 1.29 is 14.3 Å². The first-order chi connectivity index (χ1) is 9.32. The molecular weight excluding hydrogens is 254 g/mol. The predicted octanol–water partition coefficient (Wildman–Crippen LogP) is 2.61. The van der Waals surface area contributed by atoms with Crippen LogP contribution in [0.15, 0.2) is 18.2 Å². The Morgan fingerprint density at radius 3 is 2.60 bits per heavy atom. The summed E-state index contributed by atoms with van der Waals surface area (Å²) in [4.78, 5) is 11.8. The van der Waals surface area contributed by atoms with E-state index in [-0.39, 0.29) is 12.1 Å². The van der Waals surface area contributed by atoms with Crippen LogP contribution >= 0.6 is 0 Å². The molecule has 4 nitrogen and oxygen atoms in total. The third-order valence-corrected chi connectivity index (χ3v) is 3.56. The molecule has 2 atom stereocenters. The molecule has 0 aromatic heterocycles. The molecule has 1 rings (SSSR count). The lowest BCUT2D eigenvalue weighted by atomic mass is 9.95. The summed E-state index contributed by atoms with van der Waals surface area (Å²) in [5.41, 5.74) is 1.50. The molecule has 0 bridgehead atoms. The first kappa shape index (κ1) is 16.5. The highest BCUT2D eigenvalue weighted by atomic mass is 16.5. The van der Waals surface area contributed by atoms with Crippen molar-refractivity contribution in [2.45, 2.75) is 45.8 Å². The van der Waals surface area contributed by atoms with Crippen LogP contribution < -0.4 is 10.1 Å². The largest absolute Gasteiger partial charge is 0.490 e. The van der Waals surface area contributed by atoms with Crippen LogP contribution in [0, 0.1) is 13.8 Å². The number of benzene rings is 1. The number of methoxy groups -OCH3 is 1. The quantitative estimate of drug-likeness (QED) is 0.813. The van der Waals surface area contributed by atoms with E-state index in [4.69, 9.17) is 9.47 Å². The van der Waals surface area contributed by atoms with Gasteiger partial charge in [0.1, 0.15) is 11.3 Å². The maximum absolute atomic E-state index is 11.8. The van der Waals surface area contributed by atoms with Crippen molar-refractivity contribution >= 4 is 5.97 Å². The summed E-state index contributed by atoms with van der Waals surface area (Å²) in [6.07, 6.45) is 0.427. The third-order valence-electron chi connectivity index (χ3n) is 3.56. The Labute approximate surface area is 121 Å². The molecule has 112 valence electrons. The van der Waals surface area contributed by atoms with Gasteiger partial charge in [-0.2, -0.15) is 0 Å². The van der Waals surface area contributed by atoms with Gasteiger partial charge in [0.25, 0.3) is 0 Å². The fraction of sp³-hybridized carbons (Fsp3) is 0.562. The van der Waals surface area contributed by atoms with Crippen molar-refractivity contribution in [2.75, 3.05) is 14.2 Å². The van der Waals surface area contributed by atoms with Gasteiger partial charge in [0, 0.05) is 6.42 Å². The minimum absolute atomic E-state index is 0.105. The van der Waals surface area contributed by atoms with Crippen LogP contribution in [-0.4, -0.2) is 31.8 Å². The van der Waals surface area contributed by atoms with Crippen molar-refractivity contribution in [3.05, 3.63) is 29.3 Å². The highest BCUT2D eigenvalue weighted by Gasteiger charge is 2.34. The molecule has 0 aliphatic carbocycles. The lowest BCUT2D eigenvalue weighted by Crippen LogP contribution is -2.50. The average molecular weight is 279 g/mol. The molecule has 1 aromatic carbocycles. The fourth-order valence-electron chi connectivity index (χ4n) is 2.18. The van der Waals surface area contributed by atoms with Gasteiger partial charge in [-0.25, -0.2) is 0 Å². The van der Waals surface area contributed by atoms with E-state index in [1.807, 2.05) is 39.8 Å². The molecule has 0 radical (unpaired) electrons. The summed E-state index contributed by atoms with van der Waals surface area (Å²) in [5.74, 6) is 0.581. The van der Waals surface area contributed by atoms with Gasteiger partial charge in [-0.3, -0.25) is 4.79 Å². The Balaban J connectivity index is 2.78. The molecule has 1 N–H and O–H groups in total. The SMILES string of the molecule is CNC(C)(CC(C)Oc1cc(C)ccc1C)C(=O)OC. The van der Waals surface area contributed by atoms with Gasteiger partial charge in [0.15, 0.2) is 0 Å². The number of likely N-dealkylation sites (N-methyl/N-ethyl adjacent to an activating group) is 1. The normalized spacial score (nSPS) is 15.3. The molecule has 0 fully saturated rings. The lowest BCUT2D eigenvalue weighted by Gasteiger charge is -2.29. The third kappa shape index (κ3) is 3.97. The summed E-state index contributed by atoms with van der Waals surface area (Å²) in [5, 5.41) is 3.02. The van der Waals surface area contributed by atoms with Crippen molar-refractivity contribution in [1.82, 2.24) is 5.32 Å². The van der Waals surface area contributed by atoms with Crippen molar-refractivity contribution in [3.8, 4) is 5.75 Å². The molecule has 0 aliphatic heterocycles. The maximum Gasteiger partial charge on any atom is 0.325 e. The van der Waals surface area contributed by atoms with Gasteiger partial charge in [-0.05, 0) is 51.9 Å². The number of hydrogen-bond donors (Lipinski definition) is 1. The molecule has 0 aliphatic rings. The minimum Gasteiger partial charge on any atom is -0.490 e. The topological polar surface area (TPSA) is 47.6 Å². The average Bonchev–Trinajstić information content (AvgIpc) is 2.41. The van der Waals surface area contributed by atoms with Crippen molar-refractivity contribution in [2.24, 2.45) is 0 Å². The van der Waals surface area contributed by atoms with Gasteiger partial charge in [0.05, 0.1) is 13.2 Å². The van der Waals surface area contributed by atoms with E-state index in [1.54, 1.807) is 7.05 Å². The van der Waals surface area contributed by atoms with Crippen LogP contribution in [0.4, 0.5) is 0 Å². The number of carbonyl (C=O) groups is 1. The second-order valence-corrected chi connectivity index (χ2v) is 5.48. The summed E-state index contributed by atoms with van der Waals surface area (Å²) >= 11 is 0. The molecule has 0 heterocycles. The Hall–Kier alpha value is -1.55. The molecular formula is C16H25NO3. The van der Waals surface area contributed by atoms with E-state index in [9.17, 15) is 4.79 Å². The predicted molar refractivity (Wildman–Crippen MR) is 80.1 cm³/mol. The number of carbonyl (C=O) groups excluding carboxylic acids is 1. The second-order valence-electron chi connectivity index (χ2n) is 5.48. The number of nitrogens with one attached hydrogen (secondary N) is 1. The zero-order valence-corrected chi connectivity index (χ0v) is 13.2. The summed E-state index contributed by atoms with van der Waals surface area (Å²) in [7, 11) is 3.15. The highest BCUT2D eigenvalue weighted by molar-refractivity contribution is 5.80. The number of rotatable bonds is 6. The van der Waals surface area contributed by atoms with Crippen LogP contribution in [0.3, 0.4) is 0 Å². The van der Waals surface area contributed by atoms with E-state index in [0.717, 1.165) is 16.9 Å². The molecule has 0 saturated heterocycles. The van der Waals surface area contributed by atoms with E-state index in [1.165, 1.54) is 7.11 Å². The Kier molecular flexibility index (Phi) is 5.57. The first-order valence-corrected chi connectivity index (χ1v) is 6.83. The highest BCUT2D eigenvalue weighted by Crippen LogP contribution is 2.23. The van der Waals surface area contributed by atoms with Gasteiger partial charge in [-0.15, -0.1) is 0 Å². The first-order valence-electron chi connectivity index (χ1n) is 6.83. The van der Waals surface area contributed by atoms with E-state index < -0.39 is 5.54 Å². The second kappa shape index (κ2) is 6.75. The fourth-order valence-corrected chi connectivity index (χ4v) is 2.18. The van der Waals surface area contributed by atoms with Crippen LogP contribution in [0.25, 0.3) is 0 Å². The summed E-state index contributed by atoms with van der Waals surface area (Å²) in [6, 6.07) is 6.11. The van der Waals surface area contributed by atoms with Crippen LogP contribution in [0.1, 0.15) is 31.4 Å². The Morgan fingerprint density at radius 1 is 1.40 bits per heavy atom. The Morgan fingerprint density at radius 2 is 2.05 bits per heavy atom. The van der Waals surface area contributed by atoms with E-state index in [0.29, 0.717) is 6.42 Å². The smallest absolute Gasteiger partial charge is 0.325 e. The summed E-state index contributed by atoms with van der Waals surface area (Å²) in [6.45, 7) is 7.82. The van der Waals surface area contributed by atoms with Crippen molar-refractivity contribution in [1.29, 1.82) is 0 Å². The van der Waals surface area contributed by atoms with Crippen LogP contribution in [0.5, 0.6) is 5.75 Å². The van der Waals surface area contributed by atoms with E-state index in [2.05, 4.69) is 11.4 Å². The van der Waals surface area contributed by atoms with Gasteiger partial charge < -0.3 is 14.8 Å². The standard InChI is InChI=1S/C16H25NO3/c1-11-7-8-12(2)14(9-11)20-13(3)10-16(4,17-5)15(18)19-6/h7-9,13,17H,10H2,1-6H3. The zero-order chi connectivity index (χ0) is 15.3. The minimum atomic E-state index is -0.744. The van der Waals surface area contributed by atoms with Crippen LogP contribution in [0.2, 0.25) is 0 Å². The molecule has 0 spiro atoms. The molecule has 2 unspecified atom stereocenters. The van der Waals surface area contributed by atoms with Gasteiger partial charge in [0.2, 0.25) is 0 Å². The van der Waals surface area contributed by atoms with Gasteiger partial charge >= 0.3 is 5.97 Å². The van der Waals surface area contributed by atoms with Crippen molar-refractivity contribution in [3.63, 3.8) is 0 Å². The Bertz CT molecular complexity index is 473. The maximum atomic E-state index is 11.8. The number of esters is 1. The monoisotopic (exact) mass is 279 g/mol. The zero-order valence-electron chi connectivity index (χ0n) is 13.2.